The molecule has 0 atom stereocenters. The average molecular weight is 472 g/mol. The van der Waals surface area contributed by atoms with Gasteiger partial charge in [-0.1, -0.05) is 23.4 Å². The van der Waals surface area contributed by atoms with Crippen LogP contribution in [0.15, 0.2) is 58.6 Å². The number of thiazole rings is 1. The summed E-state index contributed by atoms with van der Waals surface area (Å²) in [5.41, 5.74) is 1.65. The zero-order valence-electron chi connectivity index (χ0n) is 17.5. The summed E-state index contributed by atoms with van der Waals surface area (Å²) >= 11 is 1.44. The van der Waals surface area contributed by atoms with Crippen LogP contribution in [0.5, 0.6) is 0 Å². The van der Waals surface area contributed by atoms with Crippen molar-refractivity contribution in [2.24, 2.45) is 0 Å². The Morgan fingerprint density at radius 3 is 2.52 bits per heavy atom. The quantitative estimate of drug-likeness (QED) is 0.375. The van der Waals surface area contributed by atoms with Gasteiger partial charge in [-0.25, -0.2) is 4.98 Å². The van der Waals surface area contributed by atoms with Crippen molar-refractivity contribution in [3.8, 4) is 22.1 Å². The lowest BCUT2D eigenvalue weighted by molar-refractivity contribution is -0.137. The van der Waals surface area contributed by atoms with E-state index in [1.54, 1.807) is 6.20 Å². The maximum Gasteiger partial charge on any atom is 0.416 e. The maximum atomic E-state index is 12.8. The van der Waals surface area contributed by atoms with Crippen molar-refractivity contribution in [2.45, 2.75) is 31.5 Å². The summed E-state index contributed by atoms with van der Waals surface area (Å²) in [7, 11) is 0. The van der Waals surface area contributed by atoms with Crippen LogP contribution in [-0.4, -0.2) is 38.1 Å². The summed E-state index contributed by atoms with van der Waals surface area (Å²) < 4.78 is 43.8. The third-order valence-electron chi connectivity index (χ3n) is 5.67. The Labute approximate surface area is 192 Å². The Morgan fingerprint density at radius 1 is 1.03 bits per heavy atom. The average Bonchev–Trinajstić information content (AvgIpc) is 3.50. The van der Waals surface area contributed by atoms with Gasteiger partial charge in [0.2, 0.25) is 11.7 Å². The van der Waals surface area contributed by atoms with E-state index in [2.05, 4.69) is 25.0 Å². The largest absolute Gasteiger partial charge is 0.416 e. The number of likely N-dealkylation sites (tertiary alicyclic amines) is 1. The zero-order chi connectivity index (χ0) is 22.8. The third kappa shape index (κ3) is 4.96. The molecule has 1 aliphatic rings. The summed E-state index contributed by atoms with van der Waals surface area (Å²) in [6, 6.07) is 10.7. The van der Waals surface area contributed by atoms with Crippen molar-refractivity contribution in [3.63, 3.8) is 0 Å². The molecule has 6 nitrogen and oxygen atoms in total. The molecule has 1 saturated heterocycles. The molecule has 3 aromatic heterocycles. The minimum atomic E-state index is -4.33. The molecule has 4 aromatic rings. The van der Waals surface area contributed by atoms with Crippen LogP contribution in [0.3, 0.4) is 0 Å². The lowest BCUT2D eigenvalue weighted by Gasteiger charge is -2.29. The van der Waals surface area contributed by atoms with E-state index >= 15 is 0 Å². The van der Waals surface area contributed by atoms with E-state index in [0.29, 0.717) is 29.5 Å². The number of hydrogen-bond acceptors (Lipinski definition) is 7. The molecule has 5 rings (SSSR count). The van der Waals surface area contributed by atoms with Gasteiger partial charge in [-0.15, -0.1) is 11.3 Å². The molecule has 0 bridgehead atoms. The molecular formula is C23H20F3N5OS. The molecule has 0 radical (unpaired) electrons. The predicted molar refractivity (Wildman–Crippen MR) is 117 cm³/mol. The molecule has 0 amide bonds. The molecule has 0 aliphatic carbocycles. The van der Waals surface area contributed by atoms with Gasteiger partial charge in [-0.05, 0) is 50.2 Å². The van der Waals surface area contributed by atoms with Gasteiger partial charge >= 0.3 is 6.18 Å². The van der Waals surface area contributed by atoms with Gasteiger partial charge in [-0.3, -0.25) is 9.88 Å². The lowest BCUT2D eigenvalue weighted by atomic mass is 9.96. The van der Waals surface area contributed by atoms with E-state index < -0.39 is 11.7 Å². The minimum Gasteiger partial charge on any atom is -0.339 e. The van der Waals surface area contributed by atoms with Crippen LogP contribution in [0.25, 0.3) is 22.1 Å². The maximum absolute atomic E-state index is 12.8. The van der Waals surface area contributed by atoms with Gasteiger partial charge < -0.3 is 4.52 Å². The Kier molecular flexibility index (Phi) is 5.94. The van der Waals surface area contributed by atoms with Crippen molar-refractivity contribution in [1.82, 2.24) is 25.0 Å². The van der Waals surface area contributed by atoms with E-state index in [-0.39, 0.29) is 5.92 Å². The number of rotatable bonds is 5. The summed E-state index contributed by atoms with van der Waals surface area (Å²) in [6.07, 6.45) is -0.829. The Morgan fingerprint density at radius 2 is 1.82 bits per heavy atom. The molecule has 1 aliphatic heterocycles. The standard InChI is InChI=1S/C23H20F3N5OS/c24-23(25,26)17-6-4-16(5-7-17)22-28-18(14-33-22)13-31-11-8-15(9-12-31)21-29-20(30-32-21)19-3-1-2-10-27-19/h1-7,10,14-15H,8-9,11-13H2. The van der Waals surface area contributed by atoms with Crippen molar-refractivity contribution in [2.75, 3.05) is 13.1 Å². The van der Waals surface area contributed by atoms with E-state index in [1.807, 2.05) is 23.6 Å². The topological polar surface area (TPSA) is 67.9 Å². The van der Waals surface area contributed by atoms with E-state index in [0.717, 1.165) is 48.8 Å². The molecule has 0 N–H and O–H groups in total. The highest BCUT2D eigenvalue weighted by Gasteiger charge is 2.30. The number of hydrogen-bond donors (Lipinski definition) is 0. The van der Waals surface area contributed by atoms with Crippen molar-refractivity contribution in [3.05, 3.63) is 71.2 Å². The highest BCUT2D eigenvalue weighted by atomic mass is 32.1. The summed E-state index contributed by atoms with van der Waals surface area (Å²) in [4.78, 5) is 15.7. The molecule has 170 valence electrons. The first-order valence-corrected chi connectivity index (χ1v) is 11.4. The highest BCUT2D eigenvalue weighted by Crippen LogP contribution is 2.33. The summed E-state index contributed by atoms with van der Waals surface area (Å²) in [5, 5.41) is 6.76. The second kappa shape index (κ2) is 9.03. The summed E-state index contributed by atoms with van der Waals surface area (Å²) in [6.45, 7) is 2.45. The van der Waals surface area contributed by atoms with Crippen LogP contribution in [-0.2, 0) is 12.7 Å². The number of piperidine rings is 1. The molecule has 1 fully saturated rings. The van der Waals surface area contributed by atoms with Crippen molar-refractivity contribution < 1.29 is 17.7 Å². The highest BCUT2D eigenvalue weighted by molar-refractivity contribution is 7.13. The molecule has 0 unspecified atom stereocenters. The fourth-order valence-corrected chi connectivity index (χ4v) is 4.70. The molecule has 4 heterocycles. The Balaban J connectivity index is 1.17. The van der Waals surface area contributed by atoms with Crippen LogP contribution < -0.4 is 0 Å². The van der Waals surface area contributed by atoms with Gasteiger partial charge in [0, 0.05) is 29.6 Å². The predicted octanol–water partition coefficient (Wildman–Crippen LogP) is 5.65. The SMILES string of the molecule is FC(F)(F)c1ccc(-c2nc(CN3CCC(c4nc(-c5ccccn5)no4)CC3)cs2)cc1. The molecule has 1 aromatic carbocycles. The van der Waals surface area contributed by atoms with Gasteiger partial charge in [0.05, 0.1) is 11.3 Å². The lowest BCUT2D eigenvalue weighted by Crippen LogP contribution is -2.32. The van der Waals surface area contributed by atoms with Crippen molar-refractivity contribution in [1.29, 1.82) is 0 Å². The summed E-state index contributed by atoms with van der Waals surface area (Å²) in [5.74, 6) is 1.37. The number of pyridine rings is 1. The fraction of sp³-hybridized carbons (Fsp3) is 0.304. The van der Waals surface area contributed by atoms with Gasteiger partial charge in [0.25, 0.3) is 0 Å². The number of nitrogens with zero attached hydrogens (tertiary/aromatic N) is 5. The molecule has 0 spiro atoms. The number of benzene rings is 1. The smallest absolute Gasteiger partial charge is 0.339 e. The normalized spacial score (nSPS) is 15.7. The zero-order valence-corrected chi connectivity index (χ0v) is 18.3. The second-order valence-electron chi connectivity index (χ2n) is 7.94. The molecule has 0 saturated carbocycles. The molecular weight excluding hydrogens is 451 g/mol. The van der Waals surface area contributed by atoms with Gasteiger partial charge in [-0.2, -0.15) is 18.2 Å². The number of halogens is 3. The van der Waals surface area contributed by atoms with E-state index in [4.69, 9.17) is 4.52 Å². The Hall–Kier alpha value is -3.11. The van der Waals surface area contributed by atoms with Crippen LogP contribution in [0.1, 0.15) is 35.9 Å². The molecule has 33 heavy (non-hydrogen) atoms. The number of aromatic nitrogens is 4. The first-order chi connectivity index (χ1) is 16.0. The third-order valence-corrected chi connectivity index (χ3v) is 6.61. The van der Waals surface area contributed by atoms with E-state index in [1.165, 1.54) is 23.5 Å². The van der Waals surface area contributed by atoms with Crippen molar-refractivity contribution >= 4 is 11.3 Å². The van der Waals surface area contributed by atoms with E-state index in [9.17, 15) is 13.2 Å². The van der Waals surface area contributed by atoms with Crippen LogP contribution in [0.2, 0.25) is 0 Å². The van der Waals surface area contributed by atoms with Crippen LogP contribution >= 0.6 is 11.3 Å². The first-order valence-electron chi connectivity index (χ1n) is 10.5. The van der Waals surface area contributed by atoms with Crippen LogP contribution in [0, 0.1) is 0 Å². The van der Waals surface area contributed by atoms with Gasteiger partial charge in [0.1, 0.15) is 10.7 Å². The molecule has 10 heteroatoms. The Bertz CT molecular complexity index is 1200. The second-order valence-corrected chi connectivity index (χ2v) is 8.80. The monoisotopic (exact) mass is 471 g/mol. The minimum absolute atomic E-state index is 0.212. The van der Waals surface area contributed by atoms with Crippen LogP contribution in [0.4, 0.5) is 13.2 Å². The first kappa shape index (κ1) is 21.7. The number of alkyl halides is 3. The fourth-order valence-electron chi connectivity index (χ4n) is 3.88. The van der Waals surface area contributed by atoms with Gasteiger partial charge in [0.15, 0.2) is 0 Å².